The third kappa shape index (κ3) is 10.9. The zero-order valence-electron chi connectivity index (χ0n) is 34.7. The average Bonchev–Trinajstić information content (AvgIpc) is 3.31. The van der Waals surface area contributed by atoms with Gasteiger partial charge < -0.3 is 27.1 Å². The molecule has 0 radical (unpaired) electrons. The summed E-state index contributed by atoms with van der Waals surface area (Å²) in [6.07, 6.45) is -23.1. The van der Waals surface area contributed by atoms with E-state index in [2.05, 4.69) is 13.5 Å². The largest absolute Gasteiger partial charge is 0.461 e. The molecule has 1 aliphatic rings. The lowest BCUT2D eigenvalue weighted by Gasteiger charge is -2.34. The molecule has 0 saturated heterocycles. The molecule has 74 heavy (non-hydrogen) atoms. The predicted molar refractivity (Wildman–Crippen MR) is 210 cm³/mol. The summed E-state index contributed by atoms with van der Waals surface area (Å²) in [6, 6.07) is 5.57. The fraction of sp³-hybridized carbons (Fsp3) is 0.100. The lowest BCUT2D eigenvalue weighted by atomic mass is 10.2. The first-order valence-electron chi connectivity index (χ1n) is 19.0. The van der Waals surface area contributed by atoms with Gasteiger partial charge in [0.1, 0.15) is 23.0 Å². The van der Waals surface area contributed by atoms with Crippen LogP contribution in [0.25, 0.3) is 0 Å². The lowest BCUT2D eigenvalue weighted by Crippen LogP contribution is -2.17. The summed E-state index contributed by atoms with van der Waals surface area (Å²) in [6.45, 7) is 0. The van der Waals surface area contributed by atoms with Gasteiger partial charge in [-0.05, 0) is 48.5 Å². The van der Waals surface area contributed by atoms with E-state index >= 15 is 17.6 Å². The van der Waals surface area contributed by atoms with E-state index < -0.39 is 163 Å². The van der Waals surface area contributed by atoms with Crippen LogP contribution in [0.2, 0.25) is 0 Å². The van der Waals surface area contributed by atoms with E-state index in [1.165, 1.54) is 0 Å². The molecule has 0 aliphatic carbocycles. The first-order valence-corrected chi connectivity index (χ1v) is 23.6. The zero-order chi connectivity index (χ0) is 54.7. The molecule has 1 heterocycles. The van der Waals surface area contributed by atoms with E-state index in [1.807, 2.05) is 0 Å². The summed E-state index contributed by atoms with van der Waals surface area (Å²) >= 11 is 0. The Morgan fingerprint density at radius 3 is 0.635 bits per heavy atom. The van der Waals surface area contributed by atoms with Crippen molar-refractivity contribution in [2.45, 2.75) is 24.7 Å². The Kier molecular flexibility index (Phi) is 14.5. The van der Waals surface area contributed by atoms with Crippen molar-refractivity contribution in [3.8, 4) is 34.5 Å². The number of hydrogen-bond donors (Lipinski definition) is 0. The van der Waals surface area contributed by atoms with Crippen LogP contribution in [0.15, 0.2) is 111 Å². The van der Waals surface area contributed by atoms with Crippen LogP contribution >= 0.6 is 23.0 Å². The number of nitrogens with zero attached hydrogens (tertiary/aromatic N) is 3. The highest BCUT2D eigenvalue weighted by atomic mass is 31.3. The molecule has 6 aromatic carbocycles. The summed E-state index contributed by atoms with van der Waals surface area (Å²) < 4.78 is 370. The Morgan fingerprint density at radius 1 is 0.257 bits per heavy atom. The Hall–Kier alpha value is -6.73. The van der Waals surface area contributed by atoms with Gasteiger partial charge in [-0.15, -0.1) is 0 Å². The van der Waals surface area contributed by atoms with Gasteiger partial charge in [0, 0.05) is 0 Å². The second-order valence-corrected chi connectivity index (χ2v) is 20.2. The molecule has 0 saturated carbocycles. The fourth-order valence-corrected chi connectivity index (χ4v) is 15.1. The molecule has 9 nitrogen and oxygen atoms in total. The van der Waals surface area contributed by atoms with E-state index in [-0.39, 0.29) is 48.5 Å². The number of para-hydroxylation sites is 4. The van der Waals surface area contributed by atoms with Crippen LogP contribution in [0, 0.1) is 58.2 Å². The van der Waals surface area contributed by atoms with Gasteiger partial charge in [-0.3, -0.25) is 0 Å². The van der Waals surface area contributed by atoms with Crippen molar-refractivity contribution in [2.24, 2.45) is 13.5 Å². The van der Waals surface area contributed by atoms with Gasteiger partial charge in [-0.25, -0.2) is 26.3 Å². The standard InChI is InChI=1S/C40H16F22N3O6P3/c41-25-27(43)31(47)35(32(48)28(25)44)70-73(68-23-15-7-3-11-19(23)39(57,58)59)63-72(66-21-13-5-1-9-17(21)37(51,52)53,67-22-14-6-2-10-18(22)38(54,55)56)64-74(65-73,69-24-16-8-4-12-20(24)40(60,61)62)71-36-33(49)29(45)26(42)30(46)34(36)50/h1-16H. The van der Waals surface area contributed by atoms with Gasteiger partial charge in [0.25, 0.3) is 0 Å². The molecule has 7 rings (SSSR count). The fourth-order valence-electron chi connectivity index (χ4n) is 5.96. The van der Waals surface area contributed by atoms with Gasteiger partial charge >= 0.3 is 47.7 Å². The lowest BCUT2D eigenvalue weighted by molar-refractivity contribution is -0.139. The number of rotatable bonds is 12. The van der Waals surface area contributed by atoms with Crippen molar-refractivity contribution < 1.29 is 124 Å². The molecule has 0 N–H and O–H groups in total. The molecular weight excluding hydrogens is 1130 g/mol. The number of hydrogen-bond acceptors (Lipinski definition) is 9. The van der Waals surface area contributed by atoms with Crippen molar-refractivity contribution in [3.63, 3.8) is 0 Å². The molecule has 34 heteroatoms. The highest BCUT2D eigenvalue weighted by Crippen LogP contribution is 2.79. The van der Waals surface area contributed by atoms with Crippen LogP contribution in [0.5, 0.6) is 34.5 Å². The second-order valence-electron chi connectivity index (χ2n) is 14.1. The Morgan fingerprint density at radius 2 is 0.432 bits per heavy atom. The molecule has 0 amide bonds. The average molecular weight is 1150 g/mol. The van der Waals surface area contributed by atoms with Crippen LogP contribution in [0.4, 0.5) is 96.6 Å². The molecule has 0 aromatic heterocycles. The minimum atomic E-state index is -7.09. The van der Waals surface area contributed by atoms with E-state index in [0.29, 0.717) is 48.5 Å². The van der Waals surface area contributed by atoms with E-state index in [1.54, 1.807) is 0 Å². The van der Waals surface area contributed by atoms with Crippen molar-refractivity contribution in [3.05, 3.63) is 177 Å². The van der Waals surface area contributed by atoms with Crippen molar-refractivity contribution in [1.82, 2.24) is 0 Å². The van der Waals surface area contributed by atoms with E-state index in [9.17, 15) is 79.0 Å². The van der Waals surface area contributed by atoms with Gasteiger partial charge in [-0.1, -0.05) is 62.1 Å². The Bertz CT molecular complexity index is 3130. The summed E-state index contributed by atoms with van der Waals surface area (Å²) in [5, 5.41) is 0. The summed E-state index contributed by atoms with van der Waals surface area (Å²) in [4.78, 5) is 0. The molecule has 2 unspecified atom stereocenters. The zero-order valence-corrected chi connectivity index (χ0v) is 37.4. The minimum Gasteiger partial charge on any atom is -0.413 e. The molecule has 2 atom stereocenters. The first kappa shape index (κ1) is 55.0. The number of alkyl halides is 12. The molecule has 396 valence electrons. The smallest absolute Gasteiger partial charge is 0.413 e. The molecule has 0 bridgehead atoms. The van der Waals surface area contributed by atoms with Crippen LogP contribution in [-0.2, 0) is 24.7 Å². The summed E-state index contributed by atoms with van der Waals surface area (Å²) in [5.74, 6) is -44.5. The monoisotopic (exact) mass is 1140 g/mol. The number of benzene rings is 6. The molecular formula is C40H16F22N3O6P3. The maximum Gasteiger partial charge on any atom is 0.461 e. The van der Waals surface area contributed by atoms with Crippen LogP contribution < -0.4 is 27.1 Å². The predicted octanol–water partition coefficient (Wildman–Crippen LogP) is 17.8. The second kappa shape index (κ2) is 19.5. The third-order valence-electron chi connectivity index (χ3n) is 9.08. The Labute approximate surface area is 396 Å². The highest BCUT2D eigenvalue weighted by molar-refractivity contribution is 7.79. The van der Waals surface area contributed by atoms with Gasteiger partial charge in [0.2, 0.25) is 69.7 Å². The van der Waals surface area contributed by atoms with Gasteiger partial charge in [-0.2, -0.15) is 70.2 Å². The van der Waals surface area contributed by atoms with Crippen LogP contribution in [0.3, 0.4) is 0 Å². The summed E-state index contributed by atoms with van der Waals surface area (Å²) in [7, 11) is -21.1. The minimum absolute atomic E-state index is 0.0525. The SMILES string of the molecule is Fc1c(F)c(F)c(OP2(Oc3ccccc3C(F)(F)F)=NP(Oc3ccccc3C(F)(F)F)(Oc3ccccc3C(F)(F)F)=NP(Oc3ccccc3C(F)(F)F)(Oc3c(F)c(F)c(F)c(F)c3F)=N2)c(F)c1F. The molecule has 0 fully saturated rings. The number of halogens is 22. The van der Waals surface area contributed by atoms with Crippen LogP contribution in [-0.4, -0.2) is 0 Å². The molecule has 0 spiro atoms. The first-order chi connectivity index (χ1) is 34.2. The Balaban J connectivity index is 1.81. The topological polar surface area (TPSA) is 92.5 Å². The molecule has 1 aliphatic heterocycles. The van der Waals surface area contributed by atoms with Crippen molar-refractivity contribution in [1.29, 1.82) is 0 Å². The van der Waals surface area contributed by atoms with Crippen molar-refractivity contribution >= 4 is 23.0 Å². The normalized spacial score (nSPS) is 17.9. The summed E-state index contributed by atoms with van der Waals surface area (Å²) in [5.41, 5.74) is -8.56. The van der Waals surface area contributed by atoms with Gasteiger partial charge in [0.15, 0.2) is 0 Å². The van der Waals surface area contributed by atoms with Gasteiger partial charge in [0.05, 0.1) is 22.3 Å². The van der Waals surface area contributed by atoms with Crippen LogP contribution in [0.1, 0.15) is 22.3 Å². The van der Waals surface area contributed by atoms with Crippen molar-refractivity contribution in [2.75, 3.05) is 0 Å². The van der Waals surface area contributed by atoms with E-state index in [0.717, 1.165) is 0 Å². The third-order valence-corrected chi connectivity index (χ3v) is 17.1. The maximum absolute atomic E-state index is 15.8. The maximum atomic E-state index is 15.8. The quantitative estimate of drug-likeness (QED) is 0.0525. The van der Waals surface area contributed by atoms with E-state index in [4.69, 9.17) is 27.1 Å². The highest BCUT2D eigenvalue weighted by Gasteiger charge is 2.54. The molecule has 6 aromatic rings.